The second kappa shape index (κ2) is 6.98. The van der Waals surface area contributed by atoms with Gasteiger partial charge in [0.25, 0.3) is 0 Å². The molecule has 1 saturated carbocycles. The molecule has 2 atom stereocenters. The molecule has 0 aromatic heterocycles. The van der Waals surface area contributed by atoms with Crippen LogP contribution in [0, 0.1) is 25.7 Å². The summed E-state index contributed by atoms with van der Waals surface area (Å²) < 4.78 is 0. The molecule has 2 fully saturated rings. The lowest BCUT2D eigenvalue weighted by Gasteiger charge is -2.25. The third-order valence-electron chi connectivity index (χ3n) is 5.50. The first-order valence-corrected chi connectivity index (χ1v) is 9.17. The van der Waals surface area contributed by atoms with Crippen LogP contribution in [0.2, 0.25) is 0 Å². The number of carbonyl (C=O) groups excluding carboxylic acids is 3. The maximum atomic E-state index is 12.9. The Labute approximate surface area is 149 Å². The van der Waals surface area contributed by atoms with Gasteiger partial charge in [0.15, 0.2) is 0 Å². The number of rotatable bonds is 4. The largest absolute Gasteiger partial charge is 0.311 e. The molecule has 1 aliphatic heterocycles. The van der Waals surface area contributed by atoms with Crippen LogP contribution in [0.5, 0.6) is 0 Å². The third kappa shape index (κ3) is 3.20. The molecule has 3 rings (SSSR count). The first-order valence-electron chi connectivity index (χ1n) is 9.17. The number of imide groups is 1. The Balaban J connectivity index is 1.79. The van der Waals surface area contributed by atoms with E-state index >= 15 is 0 Å². The van der Waals surface area contributed by atoms with E-state index in [2.05, 4.69) is 0 Å². The molecule has 134 valence electrons. The molecule has 1 heterocycles. The average Bonchev–Trinajstić information content (AvgIpc) is 2.84. The van der Waals surface area contributed by atoms with Gasteiger partial charge in [0.1, 0.15) is 6.54 Å². The van der Waals surface area contributed by atoms with Crippen LogP contribution in [0.3, 0.4) is 0 Å². The summed E-state index contributed by atoms with van der Waals surface area (Å²) in [6.07, 6.45) is 3.53. The second-order valence-electron chi connectivity index (χ2n) is 7.19. The number of likely N-dealkylation sites (tertiary alicyclic amines) is 1. The lowest BCUT2D eigenvalue weighted by molar-refractivity contribution is -0.143. The van der Waals surface area contributed by atoms with Crippen molar-refractivity contribution in [3.63, 3.8) is 0 Å². The molecular formula is C20H26N2O3. The molecule has 1 aliphatic carbocycles. The normalized spacial score (nSPS) is 22.9. The van der Waals surface area contributed by atoms with Gasteiger partial charge in [-0.05, 0) is 50.8 Å². The summed E-state index contributed by atoms with van der Waals surface area (Å²) in [6, 6.07) is 5.97. The Kier molecular flexibility index (Phi) is 4.93. The Morgan fingerprint density at radius 2 is 1.72 bits per heavy atom. The van der Waals surface area contributed by atoms with Crippen LogP contribution in [-0.2, 0) is 14.4 Å². The van der Waals surface area contributed by atoms with Crippen LogP contribution in [-0.4, -0.2) is 35.7 Å². The molecule has 5 heteroatoms. The highest BCUT2D eigenvalue weighted by molar-refractivity contribution is 6.09. The number of hydrogen-bond donors (Lipinski definition) is 0. The van der Waals surface area contributed by atoms with Crippen molar-refractivity contribution < 1.29 is 14.4 Å². The van der Waals surface area contributed by atoms with Crippen molar-refractivity contribution >= 4 is 23.4 Å². The topological polar surface area (TPSA) is 57.7 Å². The van der Waals surface area contributed by atoms with Gasteiger partial charge in [0, 0.05) is 12.2 Å². The Hall–Kier alpha value is -2.17. The van der Waals surface area contributed by atoms with Gasteiger partial charge < -0.3 is 4.90 Å². The summed E-state index contributed by atoms with van der Waals surface area (Å²) in [6.45, 7) is 6.22. The van der Waals surface area contributed by atoms with Gasteiger partial charge in [0.05, 0.1) is 11.8 Å². The fraction of sp³-hybridized carbons (Fsp3) is 0.550. The molecule has 0 bridgehead atoms. The van der Waals surface area contributed by atoms with E-state index < -0.39 is 0 Å². The van der Waals surface area contributed by atoms with E-state index in [0.717, 1.165) is 42.5 Å². The Morgan fingerprint density at radius 1 is 1.12 bits per heavy atom. The highest BCUT2D eigenvalue weighted by Gasteiger charge is 2.48. The van der Waals surface area contributed by atoms with Gasteiger partial charge in [-0.3, -0.25) is 19.3 Å². The van der Waals surface area contributed by atoms with Crippen molar-refractivity contribution in [3.05, 3.63) is 29.3 Å². The summed E-state index contributed by atoms with van der Waals surface area (Å²) >= 11 is 0. The number of likely N-dealkylation sites (N-methyl/N-ethyl adjacent to an activating group) is 1. The molecule has 1 aromatic rings. The number of aryl methyl sites for hydroxylation is 2. The number of amides is 3. The molecular weight excluding hydrogens is 316 g/mol. The highest BCUT2D eigenvalue weighted by atomic mass is 16.2. The molecule has 5 nitrogen and oxygen atoms in total. The summed E-state index contributed by atoms with van der Waals surface area (Å²) in [5, 5.41) is 0. The van der Waals surface area contributed by atoms with Gasteiger partial charge in [0.2, 0.25) is 17.7 Å². The monoisotopic (exact) mass is 342 g/mol. The number of nitrogens with zero attached hydrogens (tertiary/aromatic N) is 2. The zero-order chi connectivity index (χ0) is 18.1. The third-order valence-corrected chi connectivity index (χ3v) is 5.50. The van der Waals surface area contributed by atoms with Crippen LogP contribution in [0.25, 0.3) is 0 Å². The van der Waals surface area contributed by atoms with E-state index in [1.165, 1.54) is 4.90 Å². The minimum atomic E-state index is -0.204. The van der Waals surface area contributed by atoms with Gasteiger partial charge in [-0.2, -0.15) is 0 Å². The van der Waals surface area contributed by atoms with Crippen molar-refractivity contribution in [1.29, 1.82) is 0 Å². The maximum Gasteiger partial charge on any atom is 0.247 e. The van der Waals surface area contributed by atoms with Crippen molar-refractivity contribution in [2.24, 2.45) is 11.8 Å². The van der Waals surface area contributed by atoms with E-state index in [1.807, 2.05) is 39.0 Å². The number of carbonyl (C=O) groups is 3. The summed E-state index contributed by atoms with van der Waals surface area (Å²) in [4.78, 5) is 40.9. The minimum absolute atomic E-state index is 0.147. The molecule has 3 amide bonds. The Bertz CT molecular complexity index is 689. The number of hydrogen-bond acceptors (Lipinski definition) is 3. The molecule has 0 N–H and O–H groups in total. The molecule has 25 heavy (non-hydrogen) atoms. The predicted octanol–water partition coefficient (Wildman–Crippen LogP) is 2.83. The SMILES string of the molecule is CCN(C(=O)CN1C(=O)C2CCCCC2C1=O)c1cc(C)ccc1C. The molecule has 1 aromatic carbocycles. The van der Waals surface area contributed by atoms with Gasteiger partial charge in [-0.1, -0.05) is 25.0 Å². The standard InChI is InChI=1S/C20H26N2O3/c1-4-21(17-11-13(2)9-10-14(17)3)18(23)12-22-19(24)15-7-5-6-8-16(15)20(22)25/h9-11,15-16H,4-8,12H2,1-3H3. The number of benzene rings is 1. The number of fused-ring (bicyclic) bond motifs is 1. The fourth-order valence-corrected chi connectivity index (χ4v) is 4.10. The van der Waals surface area contributed by atoms with Crippen molar-refractivity contribution in [1.82, 2.24) is 4.90 Å². The Morgan fingerprint density at radius 3 is 2.28 bits per heavy atom. The molecule has 0 radical (unpaired) electrons. The zero-order valence-electron chi connectivity index (χ0n) is 15.2. The van der Waals surface area contributed by atoms with Gasteiger partial charge in [-0.25, -0.2) is 0 Å². The van der Waals surface area contributed by atoms with E-state index in [1.54, 1.807) is 4.90 Å². The van der Waals surface area contributed by atoms with E-state index in [-0.39, 0.29) is 36.1 Å². The van der Waals surface area contributed by atoms with E-state index in [0.29, 0.717) is 6.54 Å². The van der Waals surface area contributed by atoms with Crippen LogP contribution in [0.15, 0.2) is 18.2 Å². The van der Waals surface area contributed by atoms with E-state index in [4.69, 9.17) is 0 Å². The molecule has 2 aliphatic rings. The van der Waals surface area contributed by atoms with Gasteiger partial charge >= 0.3 is 0 Å². The smallest absolute Gasteiger partial charge is 0.247 e. The summed E-state index contributed by atoms with van der Waals surface area (Å²) in [7, 11) is 0. The predicted molar refractivity (Wildman–Crippen MR) is 96.1 cm³/mol. The van der Waals surface area contributed by atoms with Crippen molar-refractivity contribution in [2.45, 2.75) is 46.5 Å². The fourth-order valence-electron chi connectivity index (χ4n) is 4.10. The molecule has 0 spiro atoms. The van der Waals surface area contributed by atoms with Crippen LogP contribution < -0.4 is 4.90 Å². The molecule has 1 saturated heterocycles. The zero-order valence-corrected chi connectivity index (χ0v) is 15.2. The average molecular weight is 342 g/mol. The lowest BCUT2D eigenvalue weighted by atomic mass is 9.81. The van der Waals surface area contributed by atoms with Crippen LogP contribution >= 0.6 is 0 Å². The van der Waals surface area contributed by atoms with Crippen LogP contribution in [0.4, 0.5) is 5.69 Å². The maximum absolute atomic E-state index is 12.9. The number of anilines is 1. The van der Waals surface area contributed by atoms with Gasteiger partial charge in [-0.15, -0.1) is 0 Å². The summed E-state index contributed by atoms with van der Waals surface area (Å²) in [5.41, 5.74) is 2.93. The van der Waals surface area contributed by atoms with Crippen LogP contribution in [0.1, 0.15) is 43.7 Å². The molecule has 2 unspecified atom stereocenters. The van der Waals surface area contributed by atoms with E-state index in [9.17, 15) is 14.4 Å². The quantitative estimate of drug-likeness (QED) is 0.791. The van der Waals surface area contributed by atoms with Crippen molar-refractivity contribution in [3.8, 4) is 0 Å². The lowest BCUT2D eigenvalue weighted by Crippen LogP contribution is -2.43. The first kappa shape index (κ1) is 17.6. The second-order valence-corrected chi connectivity index (χ2v) is 7.19. The highest BCUT2D eigenvalue weighted by Crippen LogP contribution is 2.38. The first-order chi connectivity index (χ1) is 11.9. The summed E-state index contributed by atoms with van der Waals surface area (Å²) in [5.74, 6) is -0.911. The minimum Gasteiger partial charge on any atom is -0.311 e. The van der Waals surface area contributed by atoms with Crippen molar-refractivity contribution in [2.75, 3.05) is 18.0 Å².